The first-order valence-corrected chi connectivity index (χ1v) is 24.5. The molecule has 7 atom stereocenters. The maximum Gasteiger partial charge on any atom is 0.373 e. The SMILES string of the molecule is CC(=O)C(N)CC(C)C.CC(=O)NC(CC(C)C)C(C)=O.CC(C)CC(NC(=O)CCC(C)N)C(=O)O.CCC(=O)C(C)CC(C)C.CCC(=O)C(CC(C)C)NC(=O)CCC(C)N.O=C=O.O=C=O. The first-order chi connectivity index (χ1) is 32.1. The van der Waals surface area contributed by atoms with Gasteiger partial charge in [0.05, 0.1) is 18.1 Å². The van der Waals surface area contributed by atoms with E-state index in [2.05, 4.69) is 43.6 Å². The number of carbonyl (C=O) groups is 8. The number of aliphatic carboxylic acids is 1. The van der Waals surface area contributed by atoms with Crippen molar-refractivity contribution in [1.82, 2.24) is 16.0 Å². The molecule has 0 heterocycles. The van der Waals surface area contributed by atoms with Crippen molar-refractivity contribution in [3.63, 3.8) is 0 Å². The average molecular weight is 1000 g/mol. The third-order valence-corrected chi connectivity index (χ3v) is 9.32. The van der Waals surface area contributed by atoms with Crippen molar-refractivity contribution in [3.05, 3.63) is 0 Å². The lowest BCUT2D eigenvalue weighted by Gasteiger charge is -2.19. The topological polar surface area (TPSA) is 339 Å². The van der Waals surface area contributed by atoms with Crippen LogP contribution in [0.25, 0.3) is 0 Å². The Morgan fingerprint density at radius 2 is 0.771 bits per heavy atom. The molecule has 0 aliphatic carbocycles. The average Bonchev–Trinajstić information content (AvgIpc) is 3.21. The molecule has 0 spiro atoms. The summed E-state index contributed by atoms with van der Waals surface area (Å²) in [5, 5.41) is 16.9. The maximum absolute atomic E-state index is 11.7. The van der Waals surface area contributed by atoms with Gasteiger partial charge in [0, 0.05) is 50.6 Å². The minimum absolute atomic E-state index is 0.0196. The highest BCUT2D eigenvalue weighted by molar-refractivity contribution is 5.89. The van der Waals surface area contributed by atoms with Gasteiger partial charge in [0.15, 0.2) is 11.6 Å². The molecule has 3 amide bonds. The fourth-order valence-corrected chi connectivity index (χ4v) is 5.84. The zero-order chi connectivity index (χ0) is 56.9. The number of hydrogen-bond acceptors (Lipinski definition) is 15. The van der Waals surface area contributed by atoms with Crippen LogP contribution in [0.5, 0.6) is 0 Å². The molecule has 0 bridgehead atoms. The Balaban J connectivity index is -0.000000140. The largest absolute Gasteiger partial charge is 0.480 e. The molecule has 410 valence electrons. The number of carbonyl (C=O) groups excluding carboxylic acids is 11. The molecule has 0 radical (unpaired) electrons. The second kappa shape index (κ2) is 50.6. The molecule has 70 heavy (non-hydrogen) atoms. The summed E-state index contributed by atoms with van der Waals surface area (Å²) in [6, 6.07) is -1.70. The van der Waals surface area contributed by atoms with Crippen molar-refractivity contribution >= 4 is 59.1 Å². The molecular weight excluding hydrogens is 905 g/mol. The lowest BCUT2D eigenvalue weighted by molar-refractivity contribution is -0.193. The van der Waals surface area contributed by atoms with Crippen LogP contribution in [0.2, 0.25) is 0 Å². The molecule has 19 heteroatoms. The summed E-state index contributed by atoms with van der Waals surface area (Å²) in [7, 11) is 0. The van der Waals surface area contributed by atoms with E-state index in [9.17, 15) is 38.4 Å². The fraction of sp³-hybridized carbons (Fsp3) is 0.804. The highest BCUT2D eigenvalue weighted by Crippen LogP contribution is 2.13. The first kappa shape index (κ1) is 79.3. The second-order valence-corrected chi connectivity index (χ2v) is 19.5. The van der Waals surface area contributed by atoms with Gasteiger partial charge in [-0.3, -0.25) is 33.6 Å². The molecule has 0 aliphatic rings. The standard InChI is InChI=1S/C13H26N2O2.C11H22N2O3.C9H17NO2.C9H18O.C7H15NO.2CO2/c1-5-12(16)11(8-9(2)3)15-13(17)7-6-10(4)14;1-7(2)6-9(11(15)16)13-10(14)5-4-8(3)12;1-6(2)5-9(7(3)11)10-8(4)12;1-5-9(10)8(4)6-7(2)3;1-5(2)4-7(8)6(3)9;2*2-1-3/h9-11H,5-8,14H2,1-4H3,(H,15,17);7-9H,4-6,12H2,1-3H3,(H,13,14)(H,15,16);6,9H,5H2,1-4H3,(H,10,12);7-8H,5-6H2,1-4H3;5,7H,4,8H2,1-3H3;;. The number of carboxylic acids is 1. The maximum atomic E-state index is 11.7. The minimum Gasteiger partial charge on any atom is -0.480 e. The number of nitrogens with two attached hydrogens (primary N) is 3. The van der Waals surface area contributed by atoms with Crippen LogP contribution in [0, 0.1) is 35.5 Å². The molecule has 0 fully saturated rings. The van der Waals surface area contributed by atoms with E-state index in [0.717, 1.165) is 19.3 Å². The summed E-state index contributed by atoms with van der Waals surface area (Å²) in [4.78, 5) is 121. The molecule has 0 aromatic carbocycles. The van der Waals surface area contributed by atoms with Crippen LogP contribution in [-0.4, -0.2) is 100 Å². The number of rotatable bonds is 26. The van der Waals surface area contributed by atoms with E-state index in [1.54, 1.807) is 0 Å². The van der Waals surface area contributed by atoms with E-state index in [1.807, 2.05) is 76.2 Å². The quantitative estimate of drug-likeness (QED) is 0.0529. The van der Waals surface area contributed by atoms with Crippen molar-refractivity contribution < 1.29 is 62.6 Å². The molecule has 0 saturated carbocycles. The van der Waals surface area contributed by atoms with Crippen LogP contribution in [0.1, 0.15) is 195 Å². The van der Waals surface area contributed by atoms with Crippen molar-refractivity contribution in [2.45, 2.75) is 232 Å². The van der Waals surface area contributed by atoms with E-state index >= 15 is 0 Å². The van der Waals surface area contributed by atoms with Gasteiger partial charge in [-0.15, -0.1) is 0 Å². The van der Waals surface area contributed by atoms with Gasteiger partial charge in [-0.2, -0.15) is 19.2 Å². The normalized spacial score (nSPS) is 13.0. The molecule has 0 aromatic rings. The van der Waals surface area contributed by atoms with Gasteiger partial charge >= 0.3 is 18.3 Å². The predicted octanol–water partition coefficient (Wildman–Crippen LogP) is 5.91. The van der Waals surface area contributed by atoms with Gasteiger partial charge in [-0.05, 0) is 102 Å². The number of hydrogen-bond donors (Lipinski definition) is 7. The summed E-state index contributed by atoms with van der Waals surface area (Å²) in [5.41, 5.74) is 16.6. The van der Waals surface area contributed by atoms with Crippen LogP contribution in [-0.2, 0) is 57.5 Å². The lowest BCUT2D eigenvalue weighted by Crippen LogP contribution is -2.41. The minimum atomic E-state index is -0.983. The molecule has 0 saturated heterocycles. The summed E-state index contributed by atoms with van der Waals surface area (Å²) >= 11 is 0. The van der Waals surface area contributed by atoms with E-state index in [-0.39, 0.29) is 95.8 Å². The van der Waals surface area contributed by atoms with Crippen molar-refractivity contribution in [3.8, 4) is 0 Å². The third kappa shape index (κ3) is 65.3. The van der Waals surface area contributed by atoms with Gasteiger partial charge in [-0.1, -0.05) is 90.0 Å². The number of nitrogens with one attached hydrogen (secondary N) is 3. The summed E-state index contributed by atoms with van der Waals surface area (Å²) in [6.45, 7) is 34.3. The van der Waals surface area contributed by atoms with E-state index in [1.165, 1.54) is 20.8 Å². The zero-order valence-corrected chi connectivity index (χ0v) is 46.3. The van der Waals surface area contributed by atoms with Crippen LogP contribution in [0.3, 0.4) is 0 Å². The van der Waals surface area contributed by atoms with Crippen molar-refractivity contribution in [2.75, 3.05) is 0 Å². The van der Waals surface area contributed by atoms with Gasteiger partial charge in [0.25, 0.3) is 0 Å². The van der Waals surface area contributed by atoms with E-state index < -0.39 is 12.0 Å². The van der Waals surface area contributed by atoms with Crippen LogP contribution in [0.15, 0.2) is 0 Å². The first-order valence-electron chi connectivity index (χ1n) is 24.5. The Hall–Kier alpha value is -4.80. The Kier molecular flexibility index (Phi) is 57.3. The molecular formula is C51H98N6O13. The lowest BCUT2D eigenvalue weighted by atomic mass is 9.94. The number of ketones is 4. The highest BCUT2D eigenvalue weighted by atomic mass is 16.4. The molecule has 0 aliphatic heterocycles. The summed E-state index contributed by atoms with van der Waals surface area (Å²) in [5.74, 6) is 1.65. The number of carboxylic acid groups (broad SMARTS) is 1. The zero-order valence-electron chi connectivity index (χ0n) is 46.3. The summed E-state index contributed by atoms with van der Waals surface area (Å²) in [6.07, 6.45) is 7.24. The van der Waals surface area contributed by atoms with Crippen molar-refractivity contribution in [2.24, 2.45) is 52.7 Å². The molecule has 7 unspecified atom stereocenters. The van der Waals surface area contributed by atoms with Crippen LogP contribution in [0.4, 0.5) is 0 Å². The van der Waals surface area contributed by atoms with Crippen LogP contribution < -0.4 is 33.2 Å². The molecule has 0 aromatic heterocycles. The second-order valence-electron chi connectivity index (χ2n) is 19.5. The Bertz CT molecular complexity index is 1490. The van der Waals surface area contributed by atoms with Gasteiger partial charge in [-0.25, -0.2) is 4.79 Å². The smallest absolute Gasteiger partial charge is 0.373 e. The molecule has 19 nitrogen and oxygen atoms in total. The third-order valence-electron chi connectivity index (χ3n) is 9.32. The molecule has 10 N–H and O–H groups in total. The highest BCUT2D eigenvalue weighted by Gasteiger charge is 2.22. The summed E-state index contributed by atoms with van der Waals surface area (Å²) < 4.78 is 0. The number of amides is 3. The Labute approximate surface area is 420 Å². The van der Waals surface area contributed by atoms with Gasteiger partial charge in [0.1, 0.15) is 17.6 Å². The number of Topliss-reactive ketones (excluding diaryl/α,β-unsaturated/α-hetero) is 4. The van der Waals surface area contributed by atoms with E-state index in [4.69, 9.17) is 41.5 Å². The Morgan fingerprint density at radius 1 is 0.457 bits per heavy atom. The Morgan fingerprint density at radius 3 is 1.01 bits per heavy atom. The van der Waals surface area contributed by atoms with Crippen LogP contribution >= 0.6 is 0 Å². The predicted molar refractivity (Wildman–Crippen MR) is 271 cm³/mol. The fourth-order valence-electron chi connectivity index (χ4n) is 5.84. The van der Waals surface area contributed by atoms with Crippen molar-refractivity contribution in [1.29, 1.82) is 0 Å². The van der Waals surface area contributed by atoms with E-state index in [0.29, 0.717) is 74.4 Å². The monoisotopic (exact) mass is 1000 g/mol. The van der Waals surface area contributed by atoms with Gasteiger partial charge in [0.2, 0.25) is 17.7 Å². The molecule has 0 rings (SSSR count). The van der Waals surface area contributed by atoms with Gasteiger partial charge < -0.3 is 38.3 Å².